The summed E-state index contributed by atoms with van der Waals surface area (Å²) in [5.41, 5.74) is -1.44. The number of carbonyl (C=O) groups is 1. The lowest BCUT2D eigenvalue weighted by Gasteiger charge is -2.40. The molecule has 2 fully saturated rings. The zero-order chi connectivity index (χ0) is 35.2. The first-order chi connectivity index (χ1) is 22.6. The lowest BCUT2D eigenvalue weighted by molar-refractivity contribution is -0.277. The standard InChI is InChI=1S/C31H36O17/c1-10(2)29(42)47-27-20(36)11(3)43-31(25(27)41)44-13-7-16(35)19-17(8-13)45-26(12-4-5-14(33)15(34)6-12)28(22(19)38)48-30-24(40)23(39)21(37)18(9-32)46-30/h4-8,10-11,18,20-21,23-25,27,30-37,39-41H,9H2,1-3H3/t11-,18+,20-,21+,23-,24+,25+,27+,30-,31-/m0/s1. The summed E-state index contributed by atoms with van der Waals surface area (Å²) in [6.45, 7) is 3.79. The van der Waals surface area contributed by atoms with Crippen LogP contribution in [-0.2, 0) is 19.0 Å². The number of aromatic hydroxyl groups is 3. The van der Waals surface area contributed by atoms with Crippen LogP contribution in [0.25, 0.3) is 22.3 Å². The van der Waals surface area contributed by atoms with E-state index in [0.29, 0.717) is 0 Å². The van der Waals surface area contributed by atoms with Crippen molar-refractivity contribution < 1.29 is 78.9 Å². The maximum Gasteiger partial charge on any atom is 0.308 e. The molecule has 48 heavy (non-hydrogen) atoms. The van der Waals surface area contributed by atoms with E-state index in [2.05, 4.69) is 0 Å². The molecule has 10 atom stereocenters. The minimum absolute atomic E-state index is 0.0571. The molecule has 9 N–H and O–H groups in total. The van der Waals surface area contributed by atoms with E-state index in [4.69, 9.17) is 28.1 Å². The molecule has 0 amide bonds. The van der Waals surface area contributed by atoms with Crippen LogP contribution in [0.1, 0.15) is 20.8 Å². The maximum absolute atomic E-state index is 13.9. The first-order valence-corrected chi connectivity index (χ1v) is 14.8. The van der Waals surface area contributed by atoms with Gasteiger partial charge >= 0.3 is 5.97 Å². The minimum Gasteiger partial charge on any atom is -0.507 e. The van der Waals surface area contributed by atoms with Gasteiger partial charge in [0.15, 0.2) is 29.5 Å². The van der Waals surface area contributed by atoms with Crippen LogP contribution in [0.15, 0.2) is 39.5 Å². The number of rotatable bonds is 8. The van der Waals surface area contributed by atoms with Crippen molar-refractivity contribution in [1.29, 1.82) is 0 Å². The second-order valence-electron chi connectivity index (χ2n) is 11.8. The number of phenolic OH excluding ortho intramolecular Hbond substituents is 3. The normalized spacial score (nSPS) is 30.7. The number of esters is 1. The fourth-order valence-electron chi connectivity index (χ4n) is 5.21. The first-order valence-electron chi connectivity index (χ1n) is 14.8. The number of hydrogen-bond donors (Lipinski definition) is 9. The molecule has 0 bridgehead atoms. The van der Waals surface area contributed by atoms with E-state index in [0.717, 1.165) is 24.3 Å². The lowest BCUT2D eigenvalue weighted by Crippen LogP contribution is -2.60. The van der Waals surface area contributed by atoms with E-state index in [1.165, 1.54) is 13.0 Å². The smallest absolute Gasteiger partial charge is 0.308 e. The number of aliphatic hydroxyl groups excluding tert-OH is 6. The van der Waals surface area contributed by atoms with Crippen LogP contribution in [0.3, 0.4) is 0 Å². The average molecular weight is 681 g/mol. The highest BCUT2D eigenvalue weighted by molar-refractivity contribution is 5.88. The number of fused-ring (bicyclic) bond motifs is 1. The summed E-state index contributed by atoms with van der Waals surface area (Å²) in [6.07, 6.45) is -15.8. The van der Waals surface area contributed by atoms with Crippen molar-refractivity contribution in [2.24, 2.45) is 5.92 Å². The molecule has 3 heterocycles. The fourth-order valence-corrected chi connectivity index (χ4v) is 5.21. The van der Waals surface area contributed by atoms with Crippen molar-refractivity contribution >= 4 is 16.9 Å². The van der Waals surface area contributed by atoms with Gasteiger partial charge in [0.25, 0.3) is 0 Å². The Bertz CT molecular complexity index is 1700. The Morgan fingerprint density at radius 2 is 1.52 bits per heavy atom. The van der Waals surface area contributed by atoms with Crippen molar-refractivity contribution in [3.63, 3.8) is 0 Å². The van der Waals surface area contributed by atoms with Gasteiger partial charge in [-0.05, 0) is 25.1 Å². The van der Waals surface area contributed by atoms with Crippen molar-refractivity contribution in [3.05, 3.63) is 40.6 Å². The number of aliphatic hydroxyl groups is 6. The van der Waals surface area contributed by atoms with Crippen LogP contribution in [0.5, 0.6) is 28.7 Å². The highest BCUT2D eigenvalue weighted by atomic mass is 16.7. The Labute approximate surface area is 271 Å². The molecule has 5 rings (SSSR count). The van der Waals surface area contributed by atoms with Gasteiger partial charge < -0.3 is 74.1 Å². The number of hydrogen-bond acceptors (Lipinski definition) is 17. The van der Waals surface area contributed by atoms with Crippen LogP contribution in [-0.4, -0.2) is 120 Å². The molecule has 2 aliphatic rings. The predicted octanol–water partition coefficient (Wildman–Crippen LogP) is -0.831. The zero-order valence-corrected chi connectivity index (χ0v) is 25.7. The third-order valence-electron chi connectivity index (χ3n) is 7.98. The third-order valence-corrected chi connectivity index (χ3v) is 7.98. The Morgan fingerprint density at radius 3 is 2.17 bits per heavy atom. The summed E-state index contributed by atoms with van der Waals surface area (Å²) >= 11 is 0. The molecule has 17 heteroatoms. The van der Waals surface area contributed by atoms with Gasteiger partial charge in [-0.2, -0.15) is 0 Å². The summed E-state index contributed by atoms with van der Waals surface area (Å²) < 4.78 is 33.6. The van der Waals surface area contributed by atoms with Crippen LogP contribution in [0.2, 0.25) is 0 Å². The van der Waals surface area contributed by atoms with E-state index < -0.39 is 119 Å². The lowest BCUT2D eigenvalue weighted by atomic mass is 9.99. The second-order valence-corrected chi connectivity index (χ2v) is 11.8. The molecule has 1 aromatic heterocycles. The number of benzene rings is 2. The van der Waals surface area contributed by atoms with Crippen LogP contribution >= 0.6 is 0 Å². The Kier molecular flexibility index (Phi) is 10.0. The molecule has 0 unspecified atom stereocenters. The summed E-state index contributed by atoms with van der Waals surface area (Å²) in [7, 11) is 0. The Balaban J connectivity index is 1.56. The third kappa shape index (κ3) is 6.58. The van der Waals surface area contributed by atoms with Crippen LogP contribution < -0.4 is 14.9 Å². The molecular formula is C31H36O17. The molecule has 17 nitrogen and oxygen atoms in total. The van der Waals surface area contributed by atoms with Crippen molar-refractivity contribution in [2.75, 3.05) is 6.61 Å². The van der Waals surface area contributed by atoms with E-state index in [9.17, 15) is 55.5 Å². The van der Waals surface area contributed by atoms with Gasteiger partial charge in [0.1, 0.15) is 53.0 Å². The first kappa shape index (κ1) is 35.1. The molecule has 2 aromatic carbocycles. The molecule has 2 aliphatic heterocycles. The Morgan fingerprint density at radius 1 is 0.833 bits per heavy atom. The van der Waals surface area contributed by atoms with Crippen LogP contribution in [0, 0.1) is 5.92 Å². The van der Waals surface area contributed by atoms with Gasteiger partial charge in [-0.25, -0.2) is 0 Å². The summed E-state index contributed by atoms with van der Waals surface area (Å²) in [5, 5.41) is 92.4. The zero-order valence-electron chi connectivity index (χ0n) is 25.7. The second kappa shape index (κ2) is 13.7. The van der Waals surface area contributed by atoms with Gasteiger partial charge in [0, 0.05) is 17.7 Å². The molecule has 0 radical (unpaired) electrons. The molecule has 0 spiro atoms. The molecule has 3 aromatic rings. The number of carbonyl (C=O) groups excluding carboxylic acids is 1. The predicted molar refractivity (Wildman–Crippen MR) is 159 cm³/mol. The topological polar surface area (TPSA) is 276 Å². The Hall–Kier alpha value is -4.20. The molecular weight excluding hydrogens is 644 g/mol. The minimum atomic E-state index is -1.94. The number of ether oxygens (including phenoxy) is 5. The van der Waals surface area contributed by atoms with E-state index in [1.54, 1.807) is 13.8 Å². The van der Waals surface area contributed by atoms with Crippen LogP contribution in [0.4, 0.5) is 0 Å². The molecule has 262 valence electrons. The van der Waals surface area contributed by atoms with Gasteiger partial charge in [-0.3, -0.25) is 9.59 Å². The monoisotopic (exact) mass is 680 g/mol. The van der Waals surface area contributed by atoms with Crippen molar-refractivity contribution in [1.82, 2.24) is 0 Å². The van der Waals surface area contributed by atoms with E-state index >= 15 is 0 Å². The number of phenols is 3. The fraction of sp³-hybridized carbons (Fsp3) is 0.484. The van der Waals surface area contributed by atoms with Crippen molar-refractivity contribution in [2.45, 2.75) is 82.2 Å². The highest BCUT2D eigenvalue weighted by Gasteiger charge is 2.47. The summed E-state index contributed by atoms with van der Waals surface area (Å²) in [4.78, 5) is 26.1. The SMILES string of the molecule is CC(C)C(=O)O[C@@H]1[C@@H](O)[C@H](C)O[C@@H](Oc2cc(O)c3c(=O)c(O[C@@H]4O[C@H](CO)[C@@H](O)[C@H](O)[C@H]4O)c(-c4ccc(O)c(O)c4)oc3c2)[C@@H]1O. The average Bonchev–Trinajstić information content (AvgIpc) is 3.04. The van der Waals surface area contributed by atoms with Gasteiger partial charge in [-0.1, -0.05) is 13.8 Å². The van der Waals surface area contributed by atoms with Gasteiger partial charge in [0.05, 0.1) is 18.6 Å². The molecule has 0 saturated carbocycles. The quantitative estimate of drug-likeness (QED) is 0.104. The summed E-state index contributed by atoms with van der Waals surface area (Å²) in [6, 6.07) is 5.43. The van der Waals surface area contributed by atoms with Crippen molar-refractivity contribution in [3.8, 4) is 40.1 Å². The highest BCUT2D eigenvalue weighted by Crippen LogP contribution is 2.40. The van der Waals surface area contributed by atoms with E-state index in [1.807, 2.05) is 0 Å². The molecule has 0 aliphatic carbocycles. The molecule has 2 saturated heterocycles. The maximum atomic E-state index is 13.9. The van der Waals surface area contributed by atoms with E-state index in [-0.39, 0.29) is 16.9 Å². The summed E-state index contributed by atoms with van der Waals surface area (Å²) in [5.74, 6) is -4.47. The van der Waals surface area contributed by atoms with Gasteiger partial charge in [0.2, 0.25) is 23.8 Å². The van der Waals surface area contributed by atoms with Gasteiger partial charge in [-0.15, -0.1) is 0 Å². The largest absolute Gasteiger partial charge is 0.507 e.